The Bertz CT molecular complexity index is 1110. The van der Waals surface area contributed by atoms with Gasteiger partial charge in [0, 0.05) is 11.9 Å². The van der Waals surface area contributed by atoms with Gasteiger partial charge in [0.05, 0.1) is 17.2 Å². The lowest BCUT2D eigenvalue weighted by atomic mass is 10.1. The van der Waals surface area contributed by atoms with Crippen LogP contribution in [0.4, 0.5) is 4.39 Å². The molecule has 2 aromatic heterocycles. The van der Waals surface area contributed by atoms with Crippen molar-refractivity contribution in [3.63, 3.8) is 0 Å². The minimum atomic E-state index is -0.306. The highest BCUT2D eigenvalue weighted by Gasteiger charge is 2.22. The van der Waals surface area contributed by atoms with Crippen molar-refractivity contribution in [3.05, 3.63) is 56.4 Å². The van der Waals surface area contributed by atoms with Crippen molar-refractivity contribution in [1.29, 1.82) is 0 Å². The Morgan fingerprint density at radius 3 is 2.86 bits per heavy atom. The number of nitrogens with one attached hydrogen (secondary N) is 1. The molecule has 2 heterocycles. The van der Waals surface area contributed by atoms with Crippen molar-refractivity contribution in [2.45, 2.75) is 37.4 Å². The van der Waals surface area contributed by atoms with E-state index >= 15 is 0 Å². The van der Waals surface area contributed by atoms with Crippen LogP contribution < -0.4 is 10.9 Å². The van der Waals surface area contributed by atoms with Crippen LogP contribution in [-0.2, 0) is 24.7 Å². The van der Waals surface area contributed by atoms with Gasteiger partial charge in [0.1, 0.15) is 10.6 Å². The predicted octanol–water partition coefficient (Wildman–Crippen LogP) is 3.59. The number of carbonyl (C=O) groups is 1. The van der Waals surface area contributed by atoms with E-state index in [1.807, 2.05) is 6.92 Å². The largest absolute Gasteiger partial charge is 0.349 e. The number of fused-ring (bicyclic) bond motifs is 3. The van der Waals surface area contributed by atoms with Gasteiger partial charge in [-0.25, -0.2) is 9.37 Å². The third-order valence-corrected chi connectivity index (χ3v) is 7.20. The molecule has 4 rings (SSSR count). The van der Waals surface area contributed by atoms with E-state index in [4.69, 9.17) is 0 Å². The van der Waals surface area contributed by atoms with Gasteiger partial charge in [-0.05, 0) is 49.4 Å². The van der Waals surface area contributed by atoms with Crippen LogP contribution in [0.5, 0.6) is 0 Å². The minimum absolute atomic E-state index is 0.0352. The fraction of sp³-hybridized carbons (Fsp3) is 0.350. The minimum Gasteiger partial charge on any atom is -0.349 e. The molecule has 1 aromatic carbocycles. The van der Waals surface area contributed by atoms with Gasteiger partial charge >= 0.3 is 0 Å². The molecule has 0 saturated carbocycles. The fourth-order valence-electron chi connectivity index (χ4n) is 3.48. The molecule has 3 aromatic rings. The number of aryl methyl sites for hydroxylation is 2. The van der Waals surface area contributed by atoms with Crippen molar-refractivity contribution < 1.29 is 9.18 Å². The quantitative estimate of drug-likeness (QED) is 0.509. The Kier molecular flexibility index (Phi) is 5.25. The van der Waals surface area contributed by atoms with E-state index in [9.17, 15) is 14.0 Å². The molecule has 0 bridgehead atoms. The van der Waals surface area contributed by atoms with Crippen LogP contribution in [0, 0.1) is 5.82 Å². The van der Waals surface area contributed by atoms with E-state index in [0.717, 1.165) is 40.6 Å². The molecule has 1 aliphatic carbocycles. The Balaban J connectivity index is 1.46. The zero-order valence-corrected chi connectivity index (χ0v) is 17.3. The number of hydrogen-bond acceptors (Lipinski definition) is 5. The highest BCUT2D eigenvalue weighted by Crippen LogP contribution is 2.35. The first kappa shape index (κ1) is 19.1. The number of thiophene rings is 1. The van der Waals surface area contributed by atoms with Crippen molar-refractivity contribution in [2.24, 2.45) is 7.05 Å². The number of nitrogens with zero attached hydrogens (tertiary/aromatic N) is 2. The molecule has 0 saturated heterocycles. The number of rotatable bonds is 5. The van der Waals surface area contributed by atoms with Gasteiger partial charge in [0.25, 0.3) is 5.56 Å². The first-order valence-electron chi connectivity index (χ1n) is 9.13. The monoisotopic (exact) mass is 417 g/mol. The lowest BCUT2D eigenvalue weighted by molar-refractivity contribution is -0.119. The van der Waals surface area contributed by atoms with E-state index in [-0.39, 0.29) is 29.1 Å². The smallest absolute Gasteiger partial charge is 0.262 e. The molecule has 0 spiro atoms. The van der Waals surface area contributed by atoms with E-state index in [2.05, 4.69) is 10.3 Å². The maximum Gasteiger partial charge on any atom is 0.262 e. The van der Waals surface area contributed by atoms with Gasteiger partial charge in [-0.3, -0.25) is 14.2 Å². The first-order valence-corrected chi connectivity index (χ1v) is 10.9. The summed E-state index contributed by atoms with van der Waals surface area (Å²) in [6.45, 7) is 1.85. The summed E-state index contributed by atoms with van der Waals surface area (Å²) in [4.78, 5) is 31.8. The summed E-state index contributed by atoms with van der Waals surface area (Å²) in [5.74, 6) is -0.313. The molecular weight excluding hydrogens is 397 g/mol. The van der Waals surface area contributed by atoms with Gasteiger partial charge in [0.2, 0.25) is 5.91 Å². The van der Waals surface area contributed by atoms with Crippen molar-refractivity contribution >= 4 is 39.2 Å². The molecule has 8 heteroatoms. The molecule has 0 aliphatic heterocycles. The van der Waals surface area contributed by atoms with E-state index < -0.39 is 0 Å². The Hall–Kier alpha value is -2.19. The summed E-state index contributed by atoms with van der Waals surface area (Å²) >= 11 is 2.85. The molecule has 1 aliphatic rings. The summed E-state index contributed by atoms with van der Waals surface area (Å²) in [6.07, 6.45) is 3.07. The van der Waals surface area contributed by atoms with E-state index in [1.165, 1.54) is 33.3 Å². The van der Waals surface area contributed by atoms with E-state index in [0.29, 0.717) is 5.16 Å². The van der Waals surface area contributed by atoms with Crippen molar-refractivity contribution in [1.82, 2.24) is 14.9 Å². The third-order valence-electron chi connectivity index (χ3n) is 4.99. The molecule has 1 amide bonds. The SMILES string of the molecule is CC(NC(=O)CSc1nc2sc3c(c2c(=O)n1C)CCC3)c1ccc(F)cc1. The van der Waals surface area contributed by atoms with Crippen LogP contribution in [0.15, 0.2) is 34.2 Å². The standard InChI is InChI=1S/C20H20FN3O2S2/c1-11(12-6-8-13(21)9-7-12)22-16(25)10-27-20-23-18-17(19(26)24(20)2)14-4-3-5-15(14)28-18/h6-9,11H,3-5,10H2,1-2H3,(H,22,25). The zero-order chi connectivity index (χ0) is 19.8. The summed E-state index contributed by atoms with van der Waals surface area (Å²) in [7, 11) is 1.70. The number of amides is 1. The number of thioether (sulfide) groups is 1. The van der Waals surface area contributed by atoms with E-state index in [1.54, 1.807) is 30.5 Å². The number of benzene rings is 1. The van der Waals surface area contributed by atoms with Crippen molar-refractivity contribution in [2.75, 3.05) is 5.75 Å². The molecule has 1 atom stereocenters. The second-order valence-corrected chi connectivity index (χ2v) is 8.95. The average Bonchev–Trinajstić information content (AvgIpc) is 3.24. The third kappa shape index (κ3) is 3.58. The highest BCUT2D eigenvalue weighted by atomic mass is 32.2. The summed E-state index contributed by atoms with van der Waals surface area (Å²) in [5.41, 5.74) is 1.96. The average molecular weight is 418 g/mol. The fourth-order valence-corrected chi connectivity index (χ4v) is 5.57. The Morgan fingerprint density at radius 2 is 2.11 bits per heavy atom. The van der Waals surface area contributed by atoms with Crippen LogP contribution in [0.2, 0.25) is 0 Å². The Morgan fingerprint density at radius 1 is 1.36 bits per heavy atom. The second-order valence-electron chi connectivity index (χ2n) is 6.93. The summed E-state index contributed by atoms with van der Waals surface area (Å²) in [5, 5.41) is 4.19. The number of carbonyl (C=O) groups excluding carboxylic acids is 1. The number of halogens is 1. The number of aromatic nitrogens is 2. The Labute approximate surface area is 170 Å². The molecular formula is C20H20FN3O2S2. The summed E-state index contributed by atoms with van der Waals surface area (Å²) in [6, 6.07) is 5.83. The molecule has 5 nitrogen and oxygen atoms in total. The van der Waals surface area contributed by atoms with Gasteiger partial charge in [-0.1, -0.05) is 23.9 Å². The van der Waals surface area contributed by atoms with Crippen LogP contribution in [0.3, 0.4) is 0 Å². The zero-order valence-electron chi connectivity index (χ0n) is 15.6. The lowest BCUT2D eigenvalue weighted by Crippen LogP contribution is -2.28. The van der Waals surface area contributed by atoms with Crippen LogP contribution in [0.25, 0.3) is 10.2 Å². The topological polar surface area (TPSA) is 64.0 Å². The molecule has 1 N–H and O–H groups in total. The molecule has 0 fully saturated rings. The summed E-state index contributed by atoms with van der Waals surface area (Å²) < 4.78 is 14.6. The second kappa shape index (κ2) is 7.67. The molecule has 1 unspecified atom stereocenters. The highest BCUT2D eigenvalue weighted by molar-refractivity contribution is 7.99. The van der Waals surface area contributed by atoms with Crippen LogP contribution in [0.1, 0.15) is 35.4 Å². The molecule has 0 radical (unpaired) electrons. The van der Waals surface area contributed by atoms with Gasteiger partial charge in [-0.2, -0.15) is 0 Å². The number of hydrogen-bond donors (Lipinski definition) is 1. The van der Waals surface area contributed by atoms with Gasteiger partial charge in [-0.15, -0.1) is 11.3 Å². The normalized spacial score (nSPS) is 14.2. The maximum absolute atomic E-state index is 13.0. The maximum atomic E-state index is 13.0. The van der Waals surface area contributed by atoms with Crippen LogP contribution in [-0.4, -0.2) is 21.2 Å². The molecule has 146 valence electrons. The molecule has 28 heavy (non-hydrogen) atoms. The lowest BCUT2D eigenvalue weighted by Gasteiger charge is -2.14. The van der Waals surface area contributed by atoms with Gasteiger partial charge < -0.3 is 5.32 Å². The van der Waals surface area contributed by atoms with Crippen LogP contribution >= 0.6 is 23.1 Å². The van der Waals surface area contributed by atoms with Gasteiger partial charge in [0.15, 0.2) is 5.16 Å². The van der Waals surface area contributed by atoms with Crippen molar-refractivity contribution in [3.8, 4) is 0 Å². The first-order chi connectivity index (χ1) is 13.4. The predicted molar refractivity (Wildman–Crippen MR) is 111 cm³/mol.